The van der Waals surface area contributed by atoms with Crippen LogP contribution in [0.2, 0.25) is 0 Å². The van der Waals surface area contributed by atoms with Gasteiger partial charge in [-0.15, -0.1) is 0 Å². The predicted molar refractivity (Wildman–Crippen MR) is 71.7 cm³/mol. The lowest BCUT2D eigenvalue weighted by atomic mass is 10.1. The molecule has 4 nitrogen and oxygen atoms in total. The number of ether oxygens (including phenoxy) is 1. The quantitative estimate of drug-likeness (QED) is 0.899. The van der Waals surface area contributed by atoms with E-state index >= 15 is 0 Å². The summed E-state index contributed by atoms with van der Waals surface area (Å²) in [5, 5.41) is 4.25. The van der Waals surface area contributed by atoms with Gasteiger partial charge in [-0.1, -0.05) is 18.2 Å². The van der Waals surface area contributed by atoms with Crippen LogP contribution in [-0.4, -0.2) is 9.78 Å². The largest absolute Gasteiger partial charge is 0.454 e. The average molecular weight is 245 g/mol. The number of hydrogen-bond donors (Lipinski definition) is 1. The Labute approximate surface area is 107 Å². The maximum atomic E-state index is 5.92. The molecule has 1 aromatic carbocycles. The van der Waals surface area contributed by atoms with E-state index in [1.54, 1.807) is 6.20 Å². The first-order valence-corrected chi connectivity index (χ1v) is 6.14. The lowest BCUT2D eigenvalue weighted by Gasteiger charge is -2.12. The summed E-state index contributed by atoms with van der Waals surface area (Å²) >= 11 is 0. The third-order valence-corrected chi connectivity index (χ3v) is 2.74. The number of aromatic nitrogens is 2. The van der Waals surface area contributed by atoms with Gasteiger partial charge < -0.3 is 10.5 Å². The Balaban J connectivity index is 2.23. The van der Waals surface area contributed by atoms with Crippen LogP contribution in [0.5, 0.6) is 11.5 Å². The lowest BCUT2D eigenvalue weighted by molar-refractivity contribution is 0.467. The van der Waals surface area contributed by atoms with Crippen LogP contribution in [0, 0.1) is 0 Å². The molecular weight excluding hydrogens is 226 g/mol. The normalized spacial score (nSPS) is 12.7. The number of nitrogens with two attached hydrogens (primary N) is 1. The molecule has 4 heteroatoms. The fraction of sp³-hybridized carbons (Fsp3) is 0.357. The van der Waals surface area contributed by atoms with Crippen LogP contribution >= 0.6 is 0 Å². The second-order valence-electron chi connectivity index (χ2n) is 4.68. The third-order valence-electron chi connectivity index (χ3n) is 2.74. The summed E-state index contributed by atoms with van der Waals surface area (Å²) in [6.07, 6.45) is 3.61. The second kappa shape index (κ2) is 5.23. The number of benzene rings is 1. The van der Waals surface area contributed by atoms with Crippen molar-refractivity contribution in [2.75, 3.05) is 0 Å². The van der Waals surface area contributed by atoms with Crippen molar-refractivity contribution in [3.05, 3.63) is 42.2 Å². The Hall–Kier alpha value is -1.81. The second-order valence-corrected chi connectivity index (χ2v) is 4.68. The molecule has 0 aliphatic carbocycles. The smallest absolute Gasteiger partial charge is 0.165 e. The molecule has 0 aliphatic rings. The highest BCUT2D eigenvalue weighted by Gasteiger charge is 2.09. The van der Waals surface area contributed by atoms with Crippen molar-refractivity contribution in [2.24, 2.45) is 5.73 Å². The van der Waals surface area contributed by atoms with Gasteiger partial charge in [-0.25, -0.2) is 0 Å². The minimum Gasteiger partial charge on any atom is -0.454 e. The van der Waals surface area contributed by atoms with Gasteiger partial charge in [-0.3, -0.25) is 4.68 Å². The van der Waals surface area contributed by atoms with E-state index in [9.17, 15) is 0 Å². The monoisotopic (exact) mass is 245 g/mol. The van der Waals surface area contributed by atoms with Crippen LogP contribution in [0.3, 0.4) is 0 Å². The van der Waals surface area contributed by atoms with E-state index in [-0.39, 0.29) is 6.04 Å². The summed E-state index contributed by atoms with van der Waals surface area (Å²) in [6, 6.07) is 8.07. The zero-order valence-electron chi connectivity index (χ0n) is 11.0. The molecule has 1 atom stereocenters. The first-order valence-electron chi connectivity index (χ1n) is 6.14. The standard InChI is InChI=1S/C14H19N3O/c1-10(2)17-9-12(8-16-17)18-14-7-5-4-6-13(14)11(3)15/h4-11H,15H2,1-3H3/t11-/m1/s1. The van der Waals surface area contributed by atoms with Crippen molar-refractivity contribution >= 4 is 0 Å². The molecule has 0 bridgehead atoms. The molecular formula is C14H19N3O. The molecule has 2 rings (SSSR count). The van der Waals surface area contributed by atoms with Gasteiger partial charge in [0.25, 0.3) is 0 Å². The Morgan fingerprint density at radius 3 is 2.56 bits per heavy atom. The summed E-state index contributed by atoms with van der Waals surface area (Å²) in [6.45, 7) is 6.10. The molecule has 1 aromatic heterocycles. The minimum absolute atomic E-state index is 0.0543. The van der Waals surface area contributed by atoms with E-state index in [1.165, 1.54) is 0 Å². The van der Waals surface area contributed by atoms with Crippen LogP contribution in [0.15, 0.2) is 36.7 Å². The van der Waals surface area contributed by atoms with Crippen molar-refractivity contribution in [1.29, 1.82) is 0 Å². The number of rotatable bonds is 4. The van der Waals surface area contributed by atoms with Gasteiger partial charge in [0, 0.05) is 17.6 Å². The Morgan fingerprint density at radius 2 is 1.94 bits per heavy atom. The number of para-hydroxylation sites is 1. The first-order chi connectivity index (χ1) is 8.58. The lowest BCUT2D eigenvalue weighted by Crippen LogP contribution is -2.06. The van der Waals surface area contributed by atoms with Gasteiger partial charge in [-0.05, 0) is 26.8 Å². The van der Waals surface area contributed by atoms with Crippen molar-refractivity contribution in [2.45, 2.75) is 32.9 Å². The van der Waals surface area contributed by atoms with E-state index in [4.69, 9.17) is 10.5 Å². The molecule has 0 aliphatic heterocycles. The Kier molecular flexibility index (Phi) is 3.67. The van der Waals surface area contributed by atoms with Crippen LogP contribution in [-0.2, 0) is 0 Å². The summed E-state index contributed by atoms with van der Waals surface area (Å²) in [7, 11) is 0. The van der Waals surface area contributed by atoms with Crippen LogP contribution in [0.1, 0.15) is 38.4 Å². The van der Waals surface area contributed by atoms with E-state index in [0.717, 1.165) is 17.1 Å². The van der Waals surface area contributed by atoms with Crippen molar-refractivity contribution in [3.63, 3.8) is 0 Å². The van der Waals surface area contributed by atoms with E-state index in [1.807, 2.05) is 42.1 Å². The molecule has 0 fully saturated rings. The number of hydrogen-bond acceptors (Lipinski definition) is 3. The molecule has 2 aromatic rings. The van der Waals surface area contributed by atoms with Crippen LogP contribution in [0.25, 0.3) is 0 Å². The molecule has 1 heterocycles. The highest BCUT2D eigenvalue weighted by atomic mass is 16.5. The average Bonchev–Trinajstić information content (AvgIpc) is 2.78. The SMILES string of the molecule is CC(C)n1cc(Oc2ccccc2[C@@H](C)N)cn1. The maximum absolute atomic E-state index is 5.92. The fourth-order valence-corrected chi connectivity index (χ4v) is 1.73. The molecule has 0 amide bonds. The summed E-state index contributed by atoms with van der Waals surface area (Å²) in [5.41, 5.74) is 6.92. The molecule has 0 spiro atoms. The molecule has 0 unspecified atom stereocenters. The van der Waals surface area contributed by atoms with Crippen LogP contribution in [0.4, 0.5) is 0 Å². The zero-order chi connectivity index (χ0) is 13.1. The fourth-order valence-electron chi connectivity index (χ4n) is 1.73. The van der Waals surface area contributed by atoms with Gasteiger partial charge in [0.1, 0.15) is 5.75 Å². The van der Waals surface area contributed by atoms with E-state index < -0.39 is 0 Å². The molecule has 2 N–H and O–H groups in total. The topological polar surface area (TPSA) is 53.1 Å². The van der Waals surface area contributed by atoms with Crippen molar-refractivity contribution in [1.82, 2.24) is 9.78 Å². The van der Waals surface area contributed by atoms with Gasteiger partial charge >= 0.3 is 0 Å². The van der Waals surface area contributed by atoms with Gasteiger partial charge in [0.05, 0.1) is 12.4 Å². The maximum Gasteiger partial charge on any atom is 0.165 e. The van der Waals surface area contributed by atoms with Crippen molar-refractivity contribution < 1.29 is 4.74 Å². The zero-order valence-corrected chi connectivity index (χ0v) is 11.0. The summed E-state index contributed by atoms with van der Waals surface area (Å²) < 4.78 is 7.70. The Morgan fingerprint density at radius 1 is 1.22 bits per heavy atom. The van der Waals surface area contributed by atoms with E-state index in [0.29, 0.717) is 6.04 Å². The minimum atomic E-state index is -0.0543. The van der Waals surface area contributed by atoms with Gasteiger partial charge in [-0.2, -0.15) is 5.10 Å². The third kappa shape index (κ3) is 2.71. The Bertz CT molecular complexity index is 517. The highest BCUT2D eigenvalue weighted by Crippen LogP contribution is 2.28. The first kappa shape index (κ1) is 12.6. The molecule has 0 saturated heterocycles. The summed E-state index contributed by atoms with van der Waals surface area (Å²) in [5.74, 6) is 1.52. The van der Waals surface area contributed by atoms with Crippen molar-refractivity contribution in [3.8, 4) is 11.5 Å². The molecule has 0 saturated carbocycles. The predicted octanol–water partition coefficient (Wildman–Crippen LogP) is 3.28. The van der Waals surface area contributed by atoms with Gasteiger partial charge in [0.15, 0.2) is 5.75 Å². The molecule has 0 radical (unpaired) electrons. The summed E-state index contributed by atoms with van der Waals surface area (Å²) in [4.78, 5) is 0. The van der Waals surface area contributed by atoms with E-state index in [2.05, 4.69) is 18.9 Å². The molecule has 18 heavy (non-hydrogen) atoms. The highest BCUT2D eigenvalue weighted by molar-refractivity contribution is 5.38. The van der Waals surface area contributed by atoms with Gasteiger partial charge in [0.2, 0.25) is 0 Å². The number of nitrogens with zero attached hydrogens (tertiary/aromatic N) is 2. The molecule has 96 valence electrons. The van der Waals surface area contributed by atoms with Crippen LogP contribution < -0.4 is 10.5 Å².